The molecular formula is C21H21ClFNO5S. The molecule has 9 heteroatoms. The molecule has 2 fully saturated rings. The van der Waals surface area contributed by atoms with Crippen molar-refractivity contribution in [1.29, 1.82) is 0 Å². The minimum absolute atomic E-state index is 0.0282. The Balaban J connectivity index is 1.72. The molecule has 160 valence electrons. The molecule has 0 amide bonds. The molecule has 1 saturated heterocycles. The van der Waals surface area contributed by atoms with Gasteiger partial charge in [0.05, 0.1) is 11.0 Å². The number of nitrogens with zero attached hydrogens (tertiary/aromatic N) is 1. The lowest BCUT2D eigenvalue weighted by Gasteiger charge is -2.33. The van der Waals surface area contributed by atoms with Gasteiger partial charge in [-0.25, -0.2) is 17.6 Å². The molecule has 6 nitrogen and oxygen atoms in total. The summed E-state index contributed by atoms with van der Waals surface area (Å²) >= 11 is 6.35. The molecule has 2 aliphatic rings. The van der Waals surface area contributed by atoms with Gasteiger partial charge in [-0.15, -0.1) is 0 Å². The van der Waals surface area contributed by atoms with Crippen LogP contribution >= 0.6 is 11.6 Å². The van der Waals surface area contributed by atoms with Crippen LogP contribution in [-0.4, -0.2) is 48.7 Å². The second-order valence-corrected chi connectivity index (χ2v) is 9.94. The highest BCUT2D eigenvalue weighted by Gasteiger charge is 2.44. The smallest absolute Gasteiger partial charge is 0.341 e. The standard InChI is InChI=1S/C21H21ClFNO5S/c22-18-4-2-1-3-16(18)17-13-15(29-14-5-6-14)7-8-19(17)30(27,28)24-11-9-21(23,10-12-24)20(25)26/h1-4,7-8,13-14H,5-6,9-12H2,(H,25,26). The summed E-state index contributed by atoms with van der Waals surface area (Å²) in [5, 5.41) is 9.46. The molecule has 0 atom stereocenters. The van der Waals surface area contributed by atoms with Crippen LogP contribution in [-0.2, 0) is 14.8 Å². The van der Waals surface area contributed by atoms with E-state index in [1.807, 2.05) is 0 Å². The number of ether oxygens (including phenoxy) is 1. The van der Waals surface area contributed by atoms with Crippen molar-refractivity contribution in [3.05, 3.63) is 47.5 Å². The van der Waals surface area contributed by atoms with E-state index in [4.69, 9.17) is 21.4 Å². The average Bonchev–Trinajstić information content (AvgIpc) is 3.52. The zero-order valence-electron chi connectivity index (χ0n) is 16.1. The van der Waals surface area contributed by atoms with Gasteiger partial charge in [0.25, 0.3) is 0 Å². The molecule has 0 aromatic heterocycles. The van der Waals surface area contributed by atoms with Crippen molar-refractivity contribution in [3.8, 4) is 16.9 Å². The van der Waals surface area contributed by atoms with Crippen molar-refractivity contribution in [2.45, 2.75) is 42.4 Å². The van der Waals surface area contributed by atoms with Crippen LogP contribution in [0.15, 0.2) is 47.4 Å². The molecule has 2 aromatic carbocycles. The molecule has 1 aliphatic heterocycles. The Labute approximate surface area is 179 Å². The minimum atomic E-state index is -4.00. The number of piperidine rings is 1. The average molecular weight is 454 g/mol. The van der Waals surface area contributed by atoms with Crippen LogP contribution in [0, 0.1) is 0 Å². The third-order valence-corrected chi connectivity index (χ3v) is 7.74. The molecular weight excluding hydrogens is 433 g/mol. The number of hydrogen-bond acceptors (Lipinski definition) is 4. The van der Waals surface area contributed by atoms with Crippen LogP contribution < -0.4 is 4.74 Å². The Morgan fingerprint density at radius 3 is 2.40 bits per heavy atom. The fraction of sp³-hybridized carbons (Fsp3) is 0.381. The summed E-state index contributed by atoms with van der Waals surface area (Å²) in [5.41, 5.74) is -1.46. The molecule has 4 rings (SSSR count). The van der Waals surface area contributed by atoms with E-state index in [0.29, 0.717) is 21.9 Å². The second kappa shape index (κ2) is 7.83. The van der Waals surface area contributed by atoms with E-state index in [9.17, 15) is 17.6 Å². The van der Waals surface area contributed by atoms with E-state index in [0.717, 1.165) is 17.1 Å². The number of sulfonamides is 1. The van der Waals surface area contributed by atoms with Gasteiger partial charge in [0.1, 0.15) is 5.75 Å². The van der Waals surface area contributed by atoms with E-state index >= 15 is 0 Å². The first-order chi connectivity index (χ1) is 14.2. The van der Waals surface area contributed by atoms with Gasteiger partial charge < -0.3 is 9.84 Å². The Morgan fingerprint density at radius 2 is 1.80 bits per heavy atom. The highest BCUT2D eigenvalue weighted by atomic mass is 35.5. The monoisotopic (exact) mass is 453 g/mol. The molecule has 0 unspecified atom stereocenters. The highest BCUT2D eigenvalue weighted by molar-refractivity contribution is 7.89. The summed E-state index contributed by atoms with van der Waals surface area (Å²) in [7, 11) is -4.00. The lowest BCUT2D eigenvalue weighted by atomic mass is 9.95. The maximum Gasteiger partial charge on any atom is 0.341 e. The van der Waals surface area contributed by atoms with E-state index in [-0.39, 0.29) is 24.1 Å². The Morgan fingerprint density at radius 1 is 1.13 bits per heavy atom. The van der Waals surface area contributed by atoms with Crippen molar-refractivity contribution in [2.24, 2.45) is 0 Å². The first-order valence-corrected chi connectivity index (χ1v) is 11.5. The summed E-state index contributed by atoms with van der Waals surface area (Å²) in [4.78, 5) is 11.2. The summed E-state index contributed by atoms with van der Waals surface area (Å²) in [5.74, 6) is -1.00. The summed E-state index contributed by atoms with van der Waals surface area (Å²) in [6, 6.07) is 11.6. The fourth-order valence-electron chi connectivity index (χ4n) is 3.51. The SMILES string of the molecule is O=C(O)C1(F)CCN(S(=O)(=O)c2ccc(OC3CC3)cc2-c2ccccc2Cl)CC1. The molecule has 0 bridgehead atoms. The molecule has 0 spiro atoms. The van der Waals surface area contributed by atoms with E-state index in [2.05, 4.69) is 0 Å². The van der Waals surface area contributed by atoms with Gasteiger partial charge in [-0.1, -0.05) is 29.8 Å². The van der Waals surface area contributed by atoms with Crippen molar-refractivity contribution < 1.29 is 27.4 Å². The lowest BCUT2D eigenvalue weighted by molar-refractivity contribution is -0.153. The Hall–Kier alpha value is -2.16. The zero-order valence-corrected chi connectivity index (χ0v) is 17.6. The largest absolute Gasteiger partial charge is 0.490 e. The van der Waals surface area contributed by atoms with Gasteiger partial charge in [-0.2, -0.15) is 4.31 Å². The predicted octanol–water partition coefficient (Wildman–Crippen LogP) is 4.13. The fourth-order valence-corrected chi connectivity index (χ4v) is 5.38. The Bertz CT molecular complexity index is 1080. The zero-order chi connectivity index (χ0) is 21.5. The third-order valence-electron chi connectivity index (χ3n) is 5.46. The van der Waals surface area contributed by atoms with Gasteiger partial charge in [0, 0.05) is 42.1 Å². The summed E-state index contributed by atoms with van der Waals surface area (Å²) in [6.45, 7) is -0.430. The van der Waals surface area contributed by atoms with Gasteiger partial charge in [0.2, 0.25) is 15.7 Å². The second-order valence-electron chi connectivity index (χ2n) is 7.63. The quantitative estimate of drug-likeness (QED) is 0.711. The number of carbonyl (C=O) groups is 1. The number of benzene rings is 2. The highest BCUT2D eigenvalue weighted by Crippen LogP contribution is 2.39. The van der Waals surface area contributed by atoms with Crippen LogP contribution in [0.5, 0.6) is 5.75 Å². The molecule has 0 radical (unpaired) electrons. The first-order valence-electron chi connectivity index (χ1n) is 9.69. The van der Waals surface area contributed by atoms with E-state index in [1.165, 1.54) is 6.07 Å². The number of rotatable bonds is 6. The van der Waals surface area contributed by atoms with Crippen LogP contribution in [0.1, 0.15) is 25.7 Å². The van der Waals surface area contributed by atoms with E-state index in [1.54, 1.807) is 36.4 Å². The van der Waals surface area contributed by atoms with Gasteiger partial charge >= 0.3 is 5.97 Å². The van der Waals surface area contributed by atoms with Crippen molar-refractivity contribution in [3.63, 3.8) is 0 Å². The van der Waals surface area contributed by atoms with Crippen molar-refractivity contribution in [1.82, 2.24) is 4.31 Å². The van der Waals surface area contributed by atoms with Crippen molar-refractivity contribution in [2.75, 3.05) is 13.1 Å². The molecule has 1 N–H and O–H groups in total. The van der Waals surface area contributed by atoms with E-state index < -0.39 is 34.5 Å². The first kappa shape index (κ1) is 21.1. The molecule has 1 saturated carbocycles. The van der Waals surface area contributed by atoms with Crippen molar-refractivity contribution >= 4 is 27.6 Å². The third kappa shape index (κ3) is 4.04. The van der Waals surface area contributed by atoms with Crippen LogP contribution in [0.4, 0.5) is 4.39 Å². The predicted molar refractivity (Wildman–Crippen MR) is 110 cm³/mol. The van der Waals surface area contributed by atoms with Crippen LogP contribution in [0.25, 0.3) is 11.1 Å². The van der Waals surface area contributed by atoms with Gasteiger partial charge in [-0.3, -0.25) is 0 Å². The number of hydrogen-bond donors (Lipinski definition) is 1. The maximum atomic E-state index is 14.4. The topological polar surface area (TPSA) is 83.9 Å². The lowest BCUT2D eigenvalue weighted by Crippen LogP contribution is -2.48. The van der Waals surface area contributed by atoms with Crippen LogP contribution in [0.2, 0.25) is 5.02 Å². The molecule has 2 aromatic rings. The van der Waals surface area contributed by atoms with Crippen LogP contribution in [0.3, 0.4) is 0 Å². The number of carboxylic acids is 1. The van der Waals surface area contributed by atoms with Gasteiger partial charge in [-0.05, 0) is 37.1 Å². The minimum Gasteiger partial charge on any atom is -0.490 e. The normalized spacial score (nSPS) is 19.4. The molecule has 30 heavy (non-hydrogen) atoms. The molecule has 1 heterocycles. The maximum absolute atomic E-state index is 14.4. The number of halogens is 2. The molecule has 1 aliphatic carbocycles. The summed E-state index contributed by atoms with van der Waals surface area (Å²) < 4.78 is 48.1. The number of aliphatic carboxylic acids is 1. The Kier molecular flexibility index (Phi) is 5.50. The number of carboxylic acid groups (broad SMARTS) is 1. The summed E-state index contributed by atoms with van der Waals surface area (Å²) in [6.07, 6.45) is 1.27. The number of alkyl halides is 1. The van der Waals surface area contributed by atoms with Gasteiger partial charge in [0.15, 0.2) is 0 Å².